The maximum absolute atomic E-state index is 12.2. The number of nitrogens with one attached hydrogen (secondary N) is 2. The lowest BCUT2D eigenvalue weighted by molar-refractivity contribution is -0.123. The molecule has 0 aliphatic heterocycles. The monoisotopic (exact) mass is 366 g/mol. The van der Waals surface area contributed by atoms with Crippen LogP contribution in [0.3, 0.4) is 0 Å². The Morgan fingerprint density at radius 1 is 1.23 bits per heavy atom. The summed E-state index contributed by atoms with van der Waals surface area (Å²) in [6, 6.07) is 1.54. The van der Waals surface area contributed by atoms with E-state index in [-0.39, 0.29) is 11.5 Å². The number of carbonyl (C=O) groups is 1. The topological polar surface area (TPSA) is 103 Å². The van der Waals surface area contributed by atoms with Gasteiger partial charge in [0.2, 0.25) is 5.95 Å². The number of hydrogen-bond donors (Lipinski definition) is 2. The maximum atomic E-state index is 12.2. The number of halogens is 3. The molecule has 0 aliphatic rings. The molecule has 0 fully saturated rings. The molecule has 0 unspecified atom stereocenters. The van der Waals surface area contributed by atoms with Gasteiger partial charge in [-0.15, -0.1) is 0 Å². The van der Waals surface area contributed by atoms with Gasteiger partial charge in [-0.1, -0.05) is 0 Å². The van der Waals surface area contributed by atoms with Gasteiger partial charge in [0.15, 0.2) is 5.82 Å². The molecule has 0 atom stereocenters. The Bertz CT molecular complexity index is 917. The van der Waals surface area contributed by atoms with Crippen molar-refractivity contribution >= 4 is 17.5 Å². The van der Waals surface area contributed by atoms with E-state index in [1.165, 1.54) is 17.1 Å². The molecule has 0 spiro atoms. The average Bonchev–Trinajstić information content (AvgIpc) is 3.22. The summed E-state index contributed by atoms with van der Waals surface area (Å²) in [5.41, 5.74) is 0.659. The van der Waals surface area contributed by atoms with Crippen molar-refractivity contribution in [2.75, 3.05) is 11.9 Å². The minimum absolute atomic E-state index is 0.0189. The van der Waals surface area contributed by atoms with E-state index < -0.39 is 18.6 Å². The molecule has 12 heteroatoms. The average molecular weight is 366 g/mol. The van der Waals surface area contributed by atoms with Crippen molar-refractivity contribution in [3.8, 4) is 5.82 Å². The van der Waals surface area contributed by atoms with Crippen molar-refractivity contribution < 1.29 is 18.0 Å². The first-order valence-electron chi connectivity index (χ1n) is 7.29. The van der Waals surface area contributed by atoms with Crippen LogP contribution < -0.4 is 10.6 Å². The van der Waals surface area contributed by atoms with E-state index in [0.717, 1.165) is 6.20 Å². The zero-order valence-electron chi connectivity index (χ0n) is 13.4. The third-order valence-electron chi connectivity index (χ3n) is 3.13. The molecule has 26 heavy (non-hydrogen) atoms. The maximum Gasteiger partial charge on any atom is 0.405 e. The quantitative estimate of drug-likeness (QED) is 0.708. The van der Waals surface area contributed by atoms with E-state index in [1.54, 1.807) is 35.5 Å². The molecule has 0 aromatic carbocycles. The summed E-state index contributed by atoms with van der Waals surface area (Å²) in [4.78, 5) is 20.0. The summed E-state index contributed by atoms with van der Waals surface area (Å²) in [6.07, 6.45) is 2.75. The molecule has 3 rings (SSSR count). The number of anilines is 2. The lowest BCUT2D eigenvalue weighted by Gasteiger charge is -2.06. The Hall–Kier alpha value is -3.44. The predicted molar refractivity (Wildman–Crippen MR) is 84.0 cm³/mol. The Kier molecular flexibility index (Phi) is 4.56. The van der Waals surface area contributed by atoms with Crippen LogP contribution in [0.15, 0.2) is 37.1 Å². The summed E-state index contributed by atoms with van der Waals surface area (Å²) >= 11 is 0. The number of alkyl halides is 3. The van der Waals surface area contributed by atoms with Gasteiger partial charge >= 0.3 is 6.18 Å². The van der Waals surface area contributed by atoms with Crippen molar-refractivity contribution in [2.24, 2.45) is 7.05 Å². The summed E-state index contributed by atoms with van der Waals surface area (Å²) in [5.74, 6) is -0.272. The third kappa shape index (κ3) is 4.34. The normalized spacial score (nSPS) is 11.4. The molecule has 0 radical (unpaired) electrons. The van der Waals surface area contributed by atoms with Crippen molar-refractivity contribution in [2.45, 2.75) is 6.18 Å². The lowest BCUT2D eigenvalue weighted by Crippen LogP contribution is -2.33. The standard InChI is InChI=1S/C14H13F3N8O/c1-24-7-10(5-20-24)22-13-18-3-2-11(23-13)25-6-9(4-21-25)12(26)19-8-14(15,16)17/h2-7H,8H2,1H3,(H,19,26)(H,18,22,23). The van der Waals surface area contributed by atoms with Crippen LogP contribution in [0.1, 0.15) is 10.4 Å². The number of aromatic nitrogens is 6. The van der Waals surface area contributed by atoms with Crippen LogP contribution in [0.4, 0.5) is 24.8 Å². The molecule has 3 heterocycles. The fraction of sp³-hybridized carbons (Fsp3) is 0.214. The minimum Gasteiger partial charge on any atom is -0.343 e. The van der Waals surface area contributed by atoms with Crippen LogP contribution in [0, 0.1) is 0 Å². The first-order chi connectivity index (χ1) is 12.3. The highest BCUT2D eigenvalue weighted by Gasteiger charge is 2.28. The third-order valence-corrected chi connectivity index (χ3v) is 3.13. The van der Waals surface area contributed by atoms with Gasteiger partial charge in [0.25, 0.3) is 5.91 Å². The smallest absolute Gasteiger partial charge is 0.343 e. The second-order valence-electron chi connectivity index (χ2n) is 5.24. The van der Waals surface area contributed by atoms with E-state index in [9.17, 15) is 18.0 Å². The molecule has 1 amide bonds. The van der Waals surface area contributed by atoms with Gasteiger partial charge in [-0.25, -0.2) is 9.67 Å². The van der Waals surface area contributed by atoms with Gasteiger partial charge in [-0.05, 0) is 0 Å². The molecule has 0 saturated carbocycles. The first kappa shape index (κ1) is 17.4. The predicted octanol–water partition coefficient (Wildman–Crippen LogP) is 1.43. The van der Waals surface area contributed by atoms with Crippen molar-refractivity contribution in [3.63, 3.8) is 0 Å². The van der Waals surface area contributed by atoms with E-state index >= 15 is 0 Å². The van der Waals surface area contributed by atoms with Crippen LogP contribution >= 0.6 is 0 Å². The van der Waals surface area contributed by atoms with Gasteiger partial charge in [-0.3, -0.25) is 9.48 Å². The van der Waals surface area contributed by atoms with Crippen LogP contribution in [0.5, 0.6) is 0 Å². The largest absolute Gasteiger partial charge is 0.405 e. The number of amides is 1. The molecular weight excluding hydrogens is 353 g/mol. The molecule has 136 valence electrons. The van der Waals surface area contributed by atoms with Gasteiger partial charge in [0.05, 0.1) is 23.6 Å². The van der Waals surface area contributed by atoms with Gasteiger partial charge in [0.1, 0.15) is 6.54 Å². The van der Waals surface area contributed by atoms with Crippen molar-refractivity contribution in [1.82, 2.24) is 34.8 Å². The second-order valence-corrected chi connectivity index (χ2v) is 5.24. The van der Waals surface area contributed by atoms with Crippen LogP contribution in [0.25, 0.3) is 5.82 Å². The molecule has 2 N–H and O–H groups in total. The highest BCUT2D eigenvalue weighted by molar-refractivity contribution is 5.93. The number of hydrogen-bond acceptors (Lipinski definition) is 6. The molecule has 3 aromatic rings. The summed E-state index contributed by atoms with van der Waals surface area (Å²) in [6.45, 7) is -1.41. The van der Waals surface area contributed by atoms with Crippen molar-refractivity contribution in [3.05, 3.63) is 42.6 Å². The summed E-state index contributed by atoms with van der Waals surface area (Å²) < 4.78 is 39.3. The highest BCUT2D eigenvalue weighted by Crippen LogP contribution is 2.14. The van der Waals surface area contributed by atoms with Crippen molar-refractivity contribution in [1.29, 1.82) is 0 Å². The molecule has 0 bridgehead atoms. The summed E-state index contributed by atoms with van der Waals surface area (Å²) in [5, 5.41) is 12.7. The molecule has 9 nitrogen and oxygen atoms in total. The number of aryl methyl sites for hydroxylation is 1. The fourth-order valence-electron chi connectivity index (χ4n) is 2.00. The molecule has 3 aromatic heterocycles. The first-order valence-corrected chi connectivity index (χ1v) is 7.29. The number of nitrogens with zero attached hydrogens (tertiary/aromatic N) is 6. The van der Waals surface area contributed by atoms with E-state index in [2.05, 4.69) is 25.5 Å². The van der Waals surface area contributed by atoms with E-state index in [4.69, 9.17) is 0 Å². The lowest BCUT2D eigenvalue weighted by atomic mass is 10.3. The van der Waals surface area contributed by atoms with Crippen LogP contribution in [0.2, 0.25) is 0 Å². The zero-order valence-corrected chi connectivity index (χ0v) is 13.4. The Balaban J connectivity index is 1.72. The fourth-order valence-corrected chi connectivity index (χ4v) is 2.00. The second kappa shape index (κ2) is 6.82. The van der Waals surface area contributed by atoms with Gasteiger partial charge in [-0.2, -0.15) is 28.4 Å². The van der Waals surface area contributed by atoms with Crippen LogP contribution in [-0.4, -0.2) is 48.2 Å². The number of carbonyl (C=O) groups excluding carboxylic acids is 1. The minimum atomic E-state index is -4.48. The SMILES string of the molecule is Cn1cc(Nc2nccc(-n3cc(C(=O)NCC(F)(F)F)cn3)n2)cn1. The van der Waals surface area contributed by atoms with Crippen LogP contribution in [-0.2, 0) is 7.05 Å². The van der Waals surface area contributed by atoms with Gasteiger partial charge in [0, 0.05) is 31.7 Å². The van der Waals surface area contributed by atoms with Gasteiger partial charge < -0.3 is 10.6 Å². The van der Waals surface area contributed by atoms with E-state index in [1.807, 2.05) is 0 Å². The molecule has 0 aliphatic carbocycles. The Morgan fingerprint density at radius 2 is 2.04 bits per heavy atom. The summed E-state index contributed by atoms with van der Waals surface area (Å²) in [7, 11) is 1.76. The molecular formula is C14H13F3N8O. The zero-order chi connectivity index (χ0) is 18.7. The Labute approximate surface area is 144 Å². The molecule has 0 saturated heterocycles. The highest BCUT2D eigenvalue weighted by atomic mass is 19.4. The van der Waals surface area contributed by atoms with E-state index in [0.29, 0.717) is 11.5 Å². The Morgan fingerprint density at radius 3 is 2.73 bits per heavy atom. The number of rotatable bonds is 5.